The Morgan fingerprint density at radius 1 is 1.25 bits per heavy atom. The summed E-state index contributed by atoms with van der Waals surface area (Å²) in [6.45, 7) is 5.96. The zero-order valence-corrected chi connectivity index (χ0v) is 11.7. The summed E-state index contributed by atoms with van der Waals surface area (Å²) in [6.07, 6.45) is 3.74. The third kappa shape index (κ3) is 10.1. The molecule has 0 radical (unpaired) electrons. The first-order valence-corrected chi connectivity index (χ1v) is 9.07. The van der Waals surface area contributed by atoms with Crippen molar-refractivity contribution >= 4 is 14.3 Å². The summed E-state index contributed by atoms with van der Waals surface area (Å²) < 4.78 is 5.47. The zero-order valence-electron chi connectivity index (χ0n) is 10.7. The number of rotatable bonds is 10. The van der Waals surface area contributed by atoms with Gasteiger partial charge in [0.1, 0.15) is 0 Å². The highest BCUT2D eigenvalue weighted by Gasteiger charge is 2.18. The van der Waals surface area contributed by atoms with Gasteiger partial charge >= 0.3 is 5.97 Å². The van der Waals surface area contributed by atoms with Crippen LogP contribution in [-0.2, 0) is 9.22 Å². The number of carboxylic acids is 1. The molecule has 0 aromatic carbocycles. The van der Waals surface area contributed by atoms with Gasteiger partial charge in [-0.3, -0.25) is 4.79 Å². The van der Waals surface area contributed by atoms with Gasteiger partial charge in [0, 0.05) is 13.7 Å². The molecule has 96 valence electrons. The molecule has 0 rings (SSSR count). The highest BCUT2D eigenvalue weighted by molar-refractivity contribution is 6.71. The van der Waals surface area contributed by atoms with Gasteiger partial charge in [-0.15, -0.1) is 0 Å². The van der Waals surface area contributed by atoms with Crippen molar-refractivity contribution in [3.8, 4) is 0 Å². The van der Waals surface area contributed by atoms with E-state index in [0.29, 0.717) is 6.54 Å². The Kier molecular flexibility index (Phi) is 8.51. The first-order chi connectivity index (χ1) is 7.48. The highest BCUT2D eigenvalue weighted by atomic mass is 28.4. The fraction of sp³-hybridized carbons (Fsp3) is 0.909. The predicted octanol–water partition coefficient (Wildman–Crippen LogP) is 2.07. The van der Waals surface area contributed by atoms with Crippen LogP contribution in [0.1, 0.15) is 25.7 Å². The van der Waals surface area contributed by atoms with E-state index in [1.54, 1.807) is 7.11 Å². The second-order valence-corrected chi connectivity index (χ2v) is 9.10. The maximum Gasteiger partial charge on any atom is 0.304 e. The summed E-state index contributed by atoms with van der Waals surface area (Å²) in [5, 5.41) is 11.5. The average Bonchev–Trinajstić information content (AvgIpc) is 2.21. The van der Waals surface area contributed by atoms with Gasteiger partial charge in [0.15, 0.2) is 8.32 Å². The van der Waals surface area contributed by atoms with E-state index >= 15 is 0 Å². The quantitative estimate of drug-likeness (QED) is 0.458. The molecule has 0 aliphatic rings. The monoisotopic (exact) mass is 247 g/mol. The van der Waals surface area contributed by atoms with E-state index in [1.165, 1.54) is 18.9 Å². The van der Waals surface area contributed by atoms with Gasteiger partial charge in [0.25, 0.3) is 0 Å². The van der Waals surface area contributed by atoms with E-state index in [1.807, 2.05) is 0 Å². The van der Waals surface area contributed by atoms with Crippen LogP contribution in [0.4, 0.5) is 0 Å². The number of unbranched alkanes of at least 4 members (excludes halogenated alkanes) is 2. The molecular formula is C11H25NO3Si. The minimum absolute atomic E-state index is 0.212. The van der Waals surface area contributed by atoms with Gasteiger partial charge in [0.05, 0.1) is 6.42 Å². The third-order valence-corrected chi connectivity index (χ3v) is 5.36. The van der Waals surface area contributed by atoms with Gasteiger partial charge in [0.2, 0.25) is 0 Å². The van der Waals surface area contributed by atoms with Crippen molar-refractivity contribution in [2.45, 2.75) is 44.8 Å². The summed E-state index contributed by atoms with van der Waals surface area (Å²) in [5.74, 6) is -0.736. The van der Waals surface area contributed by atoms with Crippen LogP contribution < -0.4 is 5.32 Å². The van der Waals surface area contributed by atoms with Crippen LogP contribution >= 0.6 is 0 Å². The zero-order chi connectivity index (χ0) is 12.4. The van der Waals surface area contributed by atoms with Crippen LogP contribution in [0.5, 0.6) is 0 Å². The summed E-state index contributed by atoms with van der Waals surface area (Å²) >= 11 is 0. The van der Waals surface area contributed by atoms with E-state index in [0.717, 1.165) is 13.0 Å². The molecule has 0 bridgehead atoms. The van der Waals surface area contributed by atoms with Gasteiger partial charge < -0.3 is 14.8 Å². The van der Waals surface area contributed by atoms with Crippen LogP contribution in [0, 0.1) is 0 Å². The van der Waals surface area contributed by atoms with Crippen LogP contribution in [0.25, 0.3) is 0 Å². The molecule has 0 unspecified atom stereocenters. The molecule has 0 fully saturated rings. The molecule has 0 saturated carbocycles. The number of carboxylic acid groups (broad SMARTS) is 1. The van der Waals surface area contributed by atoms with Crippen molar-refractivity contribution in [2.75, 3.05) is 20.2 Å². The number of carbonyl (C=O) groups is 1. The minimum Gasteiger partial charge on any atom is -0.481 e. The SMILES string of the molecule is CO[Si](C)(C)CCCCCNCCC(=O)O. The summed E-state index contributed by atoms with van der Waals surface area (Å²) in [7, 11) is 0.440. The number of hydrogen-bond acceptors (Lipinski definition) is 3. The minimum atomic E-state index is -1.37. The Balaban J connectivity index is 3.19. The fourth-order valence-corrected chi connectivity index (χ4v) is 2.71. The molecule has 0 aliphatic carbocycles. The lowest BCUT2D eigenvalue weighted by atomic mass is 10.2. The maximum atomic E-state index is 10.2. The molecule has 0 heterocycles. The van der Waals surface area contributed by atoms with E-state index in [2.05, 4.69) is 18.4 Å². The Labute approximate surface area is 99.5 Å². The molecule has 0 aromatic heterocycles. The van der Waals surface area contributed by atoms with Gasteiger partial charge in [-0.2, -0.15) is 0 Å². The average molecular weight is 247 g/mol. The largest absolute Gasteiger partial charge is 0.481 e. The van der Waals surface area contributed by atoms with Crippen molar-refractivity contribution in [1.29, 1.82) is 0 Å². The lowest BCUT2D eigenvalue weighted by Crippen LogP contribution is -2.28. The summed E-state index contributed by atoms with van der Waals surface area (Å²) in [5.41, 5.74) is 0. The molecule has 0 aliphatic heterocycles. The number of aliphatic carboxylic acids is 1. The van der Waals surface area contributed by atoms with Crippen molar-refractivity contribution in [3.05, 3.63) is 0 Å². The van der Waals surface area contributed by atoms with Crippen molar-refractivity contribution < 1.29 is 14.3 Å². The van der Waals surface area contributed by atoms with E-state index in [4.69, 9.17) is 9.53 Å². The second kappa shape index (κ2) is 8.72. The fourth-order valence-electron chi connectivity index (χ4n) is 1.40. The predicted molar refractivity (Wildman–Crippen MR) is 68.3 cm³/mol. The van der Waals surface area contributed by atoms with Crippen molar-refractivity contribution in [1.82, 2.24) is 5.32 Å². The van der Waals surface area contributed by atoms with Crippen LogP contribution in [0.3, 0.4) is 0 Å². The molecular weight excluding hydrogens is 222 g/mol. The van der Waals surface area contributed by atoms with E-state index < -0.39 is 14.3 Å². The summed E-state index contributed by atoms with van der Waals surface area (Å²) in [4.78, 5) is 10.2. The Bertz CT molecular complexity index is 198. The molecule has 4 nitrogen and oxygen atoms in total. The molecule has 0 spiro atoms. The number of hydrogen-bond donors (Lipinski definition) is 2. The maximum absolute atomic E-state index is 10.2. The first kappa shape index (κ1) is 15.6. The first-order valence-electron chi connectivity index (χ1n) is 5.95. The van der Waals surface area contributed by atoms with Gasteiger partial charge in [-0.05, 0) is 32.1 Å². The van der Waals surface area contributed by atoms with Gasteiger partial charge in [-0.1, -0.05) is 12.8 Å². The molecule has 0 amide bonds. The molecule has 2 N–H and O–H groups in total. The Morgan fingerprint density at radius 2 is 1.94 bits per heavy atom. The van der Waals surface area contributed by atoms with Crippen LogP contribution in [-0.4, -0.2) is 39.6 Å². The summed E-state index contributed by atoms with van der Waals surface area (Å²) in [6, 6.07) is 1.21. The molecule has 16 heavy (non-hydrogen) atoms. The van der Waals surface area contributed by atoms with Crippen molar-refractivity contribution in [3.63, 3.8) is 0 Å². The lowest BCUT2D eigenvalue weighted by molar-refractivity contribution is -0.136. The second-order valence-electron chi connectivity index (χ2n) is 4.67. The normalized spacial score (nSPS) is 11.7. The van der Waals surface area contributed by atoms with Crippen molar-refractivity contribution in [2.24, 2.45) is 0 Å². The highest BCUT2D eigenvalue weighted by Crippen LogP contribution is 2.14. The number of nitrogens with one attached hydrogen (secondary N) is 1. The lowest BCUT2D eigenvalue weighted by Gasteiger charge is -2.19. The topological polar surface area (TPSA) is 58.6 Å². The van der Waals surface area contributed by atoms with E-state index in [-0.39, 0.29) is 6.42 Å². The molecule has 0 aromatic rings. The molecule has 5 heteroatoms. The Morgan fingerprint density at radius 3 is 2.50 bits per heavy atom. The van der Waals surface area contributed by atoms with Crippen LogP contribution in [0.15, 0.2) is 0 Å². The smallest absolute Gasteiger partial charge is 0.304 e. The Hall–Kier alpha value is -0.393. The molecule has 0 atom stereocenters. The van der Waals surface area contributed by atoms with Crippen LogP contribution in [0.2, 0.25) is 19.1 Å². The third-order valence-electron chi connectivity index (χ3n) is 2.70. The molecule has 0 saturated heterocycles. The standard InChI is InChI=1S/C11H25NO3Si/c1-15-16(2,3)10-6-4-5-8-12-9-7-11(13)14/h12H,4-10H2,1-3H3,(H,13,14). The van der Waals surface area contributed by atoms with Gasteiger partial charge in [-0.25, -0.2) is 0 Å². The van der Waals surface area contributed by atoms with E-state index in [9.17, 15) is 4.79 Å².